The van der Waals surface area contributed by atoms with Gasteiger partial charge in [0.25, 0.3) is 0 Å². The lowest BCUT2D eigenvalue weighted by Crippen LogP contribution is -2.51. The van der Waals surface area contributed by atoms with Gasteiger partial charge in [0.1, 0.15) is 5.01 Å². The Labute approximate surface area is 152 Å². The molecule has 1 aromatic heterocycles. The number of hydrogen-bond acceptors (Lipinski definition) is 6. The van der Waals surface area contributed by atoms with Crippen molar-refractivity contribution in [2.75, 3.05) is 38.2 Å². The first-order valence-electron chi connectivity index (χ1n) is 9.12. The number of carbonyl (C=O) groups excluding carboxylic acids is 1. The molecule has 0 spiro atoms. The highest BCUT2D eigenvalue weighted by Gasteiger charge is 2.39. The van der Waals surface area contributed by atoms with Crippen molar-refractivity contribution >= 4 is 22.5 Å². The van der Waals surface area contributed by atoms with Crippen LogP contribution in [0.25, 0.3) is 0 Å². The number of hydrogen-bond donors (Lipinski definition) is 2. The molecule has 1 atom stereocenters. The Hall–Kier alpha value is -1.25. The highest BCUT2D eigenvalue weighted by molar-refractivity contribution is 7.15. The van der Waals surface area contributed by atoms with Crippen LogP contribution in [0, 0.1) is 11.3 Å². The number of rotatable bonds is 4. The summed E-state index contributed by atoms with van der Waals surface area (Å²) in [5.41, 5.74) is -0.204. The Morgan fingerprint density at radius 3 is 2.88 bits per heavy atom. The van der Waals surface area contributed by atoms with E-state index in [9.17, 15) is 9.90 Å². The topological polar surface area (TPSA) is 87.6 Å². The highest BCUT2D eigenvalue weighted by Crippen LogP contribution is 2.37. The SMILES string of the molecule is CC(C)[C@@]1(CO)CCCN(C(=O)Nc2nnc(C3CCOCC3)s2)C1. The lowest BCUT2D eigenvalue weighted by Gasteiger charge is -2.44. The molecule has 2 saturated heterocycles. The van der Waals surface area contributed by atoms with Crippen LogP contribution in [-0.2, 0) is 4.74 Å². The molecule has 0 aliphatic carbocycles. The fraction of sp³-hybridized carbons (Fsp3) is 0.824. The Morgan fingerprint density at radius 1 is 1.44 bits per heavy atom. The summed E-state index contributed by atoms with van der Waals surface area (Å²) in [7, 11) is 0. The van der Waals surface area contributed by atoms with E-state index in [0.29, 0.717) is 30.1 Å². The standard InChI is InChI=1S/C17H28N4O3S/c1-12(2)17(11-22)6-3-7-21(10-17)16(23)18-15-20-19-14(25-15)13-4-8-24-9-5-13/h12-13,22H,3-11H2,1-2H3,(H,18,20,23)/t17-/m0/s1. The molecule has 2 N–H and O–H groups in total. The summed E-state index contributed by atoms with van der Waals surface area (Å²) in [4.78, 5) is 14.4. The summed E-state index contributed by atoms with van der Waals surface area (Å²) in [6, 6.07) is -0.146. The number of aliphatic hydroxyl groups is 1. The fourth-order valence-corrected chi connectivity index (χ4v) is 4.58. The first-order valence-corrected chi connectivity index (χ1v) is 9.93. The summed E-state index contributed by atoms with van der Waals surface area (Å²) in [6.07, 6.45) is 3.79. The number of nitrogens with zero attached hydrogens (tertiary/aromatic N) is 3. The Kier molecular flexibility index (Phi) is 5.91. The van der Waals surface area contributed by atoms with Crippen molar-refractivity contribution in [2.45, 2.75) is 45.4 Å². The van der Waals surface area contributed by atoms with E-state index in [1.165, 1.54) is 11.3 Å². The molecule has 3 heterocycles. The van der Waals surface area contributed by atoms with Crippen molar-refractivity contribution < 1.29 is 14.6 Å². The zero-order chi connectivity index (χ0) is 17.9. The molecule has 2 fully saturated rings. The largest absolute Gasteiger partial charge is 0.396 e. The van der Waals surface area contributed by atoms with Gasteiger partial charge in [-0.1, -0.05) is 25.2 Å². The molecule has 2 aliphatic heterocycles. The molecule has 0 unspecified atom stereocenters. The van der Waals surface area contributed by atoms with Crippen LogP contribution in [0.4, 0.5) is 9.93 Å². The Balaban J connectivity index is 1.61. The van der Waals surface area contributed by atoms with Crippen LogP contribution in [0.3, 0.4) is 0 Å². The minimum absolute atomic E-state index is 0.112. The van der Waals surface area contributed by atoms with E-state index in [2.05, 4.69) is 29.4 Å². The summed E-state index contributed by atoms with van der Waals surface area (Å²) >= 11 is 1.46. The molecule has 0 aromatic carbocycles. The molecule has 8 heteroatoms. The maximum atomic E-state index is 12.6. The lowest BCUT2D eigenvalue weighted by atomic mass is 9.72. The molecule has 2 aliphatic rings. The van der Waals surface area contributed by atoms with E-state index >= 15 is 0 Å². The number of piperidine rings is 1. The quantitative estimate of drug-likeness (QED) is 0.853. The third kappa shape index (κ3) is 4.12. The molecule has 0 radical (unpaired) electrons. The van der Waals surface area contributed by atoms with Crippen molar-refractivity contribution in [1.82, 2.24) is 15.1 Å². The zero-order valence-corrected chi connectivity index (χ0v) is 15.8. The smallest absolute Gasteiger partial charge is 0.323 e. The van der Waals surface area contributed by atoms with Gasteiger partial charge in [-0.15, -0.1) is 10.2 Å². The molecule has 0 bridgehead atoms. The second-order valence-corrected chi connectivity index (χ2v) is 8.47. The first-order chi connectivity index (χ1) is 12.0. The van der Waals surface area contributed by atoms with Gasteiger partial charge in [-0.25, -0.2) is 4.79 Å². The van der Waals surface area contributed by atoms with E-state index < -0.39 is 0 Å². The number of aliphatic hydroxyl groups excluding tert-OH is 1. The third-order valence-corrected chi connectivity index (χ3v) is 6.66. The summed E-state index contributed by atoms with van der Waals surface area (Å²) in [6.45, 7) is 7.16. The van der Waals surface area contributed by atoms with Crippen molar-refractivity contribution in [3.8, 4) is 0 Å². The second-order valence-electron chi connectivity index (χ2n) is 7.46. The molecule has 25 heavy (non-hydrogen) atoms. The summed E-state index contributed by atoms with van der Waals surface area (Å²) in [5, 5.41) is 22.7. The average Bonchev–Trinajstić information content (AvgIpc) is 3.10. The zero-order valence-electron chi connectivity index (χ0n) is 15.0. The van der Waals surface area contributed by atoms with Gasteiger partial charge in [-0.05, 0) is 31.6 Å². The van der Waals surface area contributed by atoms with Gasteiger partial charge in [-0.3, -0.25) is 5.32 Å². The summed E-state index contributed by atoms with van der Waals surface area (Å²) < 4.78 is 5.38. The van der Waals surface area contributed by atoms with E-state index in [1.807, 2.05) is 0 Å². The van der Waals surface area contributed by atoms with E-state index in [4.69, 9.17) is 4.74 Å². The number of nitrogens with one attached hydrogen (secondary N) is 1. The number of likely N-dealkylation sites (tertiary alicyclic amines) is 1. The Bertz CT molecular complexity index is 588. The maximum absolute atomic E-state index is 12.6. The van der Waals surface area contributed by atoms with Gasteiger partial charge in [0, 0.05) is 37.6 Å². The van der Waals surface area contributed by atoms with E-state index in [1.54, 1.807) is 4.90 Å². The fourth-order valence-electron chi connectivity index (χ4n) is 3.68. The Morgan fingerprint density at radius 2 is 2.20 bits per heavy atom. The number of urea groups is 1. The van der Waals surface area contributed by atoms with Crippen LogP contribution >= 0.6 is 11.3 Å². The first kappa shape index (κ1) is 18.5. The van der Waals surface area contributed by atoms with Crippen LogP contribution in [0.15, 0.2) is 0 Å². The summed E-state index contributed by atoms with van der Waals surface area (Å²) in [5.74, 6) is 0.713. The van der Waals surface area contributed by atoms with Crippen LogP contribution in [0.5, 0.6) is 0 Å². The van der Waals surface area contributed by atoms with Crippen LogP contribution in [0.2, 0.25) is 0 Å². The number of amides is 2. The molecular weight excluding hydrogens is 340 g/mol. The predicted octanol–water partition coefficient (Wildman–Crippen LogP) is 2.69. The predicted molar refractivity (Wildman–Crippen MR) is 96.9 cm³/mol. The molecule has 1 aromatic rings. The molecular formula is C17H28N4O3S. The monoisotopic (exact) mass is 368 g/mol. The van der Waals surface area contributed by atoms with Crippen LogP contribution < -0.4 is 5.32 Å². The van der Waals surface area contributed by atoms with Gasteiger partial charge in [0.2, 0.25) is 5.13 Å². The van der Waals surface area contributed by atoms with Crippen LogP contribution in [0.1, 0.15) is 50.5 Å². The highest BCUT2D eigenvalue weighted by atomic mass is 32.1. The molecule has 0 saturated carbocycles. The molecule has 140 valence electrons. The van der Waals surface area contributed by atoms with Crippen molar-refractivity contribution in [3.63, 3.8) is 0 Å². The number of ether oxygens (including phenoxy) is 1. The van der Waals surface area contributed by atoms with Crippen molar-refractivity contribution in [1.29, 1.82) is 0 Å². The normalized spacial score (nSPS) is 25.4. The molecule has 2 amide bonds. The minimum Gasteiger partial charge on any atom is -0.396 e. The van der Waals surface area contributed by atoms with Gasteiger partial charge >= 0.3 is 6.03 Å². The number of anilines is 1. The van der Waals surface area contributed by atoms with Gasteiger partial charge in [-0.2, -0.15) is 0 Å². The van der Waals surface area contributed by atoms with E-state index in [-0.39, 0.29) is 18.1 Å². The van der Waals surface area contributed by atoms with Gasteiger partial charge in [0.15, 0.2) is 0 Å². The van der Waals surface area contributed by atoms with Crippen LogP contribution in [-0.4, -0.2) is 59.1 Å². The third-order valence-electron chi connectivity index (χ3n) is 5.66. The molecule has 3 rings (SSSR count). The van der Waals surface area contributed by atoms with Gasteiger partial charge < -0.3 is 14.7 Å². The second kappa shape index (κ2) is 7.97. The molecule has 7 nitrogen and oxygen atoms in total. The van der Waals surface area contributed by atoms with E-state index in [0.717, 1.165) is 43.9 Å². The van der Waals surface area contributed by atoms with Crippen molar-refractivity contribution in [3.05, 3.63) is 5.01 Å². The maximum Gasteiger partial charge on any atom is 0.323 e. The van der Waals surface area contributed by atoms with Crippen molar-refractivity contribution in [2.24, 2.45) is 11.3 Å². The van der Waals surface area contributed by atoms with Gasteiger partial charge in [0.05, 0.1) is 6.61 Å². The number of carbonyl (C=O) groups is 1. The minimum atomic E-state index is -0.204. The average molecular weight is 369 g/mol. The number of aromatic nitrogens is 2. The lowest BCUT2D eigenvalue weighted by molar-refractivity contribution is 0.0129.